The molecule has 5 nitrogen and oxygen atoms in total. The quantitative estimate of drug-likeness (QED) is 0.550. The lowest BCUT2D eigenvalue weighted by atomic mass is 10.2. The Kier molecular flexibility index (Phi) is 5.73. The van der Waals surface area contributed by atoms with E-state index in [-0.39, 0.29) is 26.5 Å². The summed E-state index contributed by atoms with van der Waals surface area (Å²) in [5.41, 5.74) is 2.02. The number of para-hydroxylation sites is 1. The first kappa shape index (κ1) is 20.7. The van der Waals surface area contributed by atoms with Gasteiger partial charge in [0, 0.05) is 12.2 Å². The van der Waals surface area contributed by atoms with Gasteiger partial charge < -0.3 is 4.90 Å². The molecule has 0 bridgehead atoms. The Hall–Kier alpha value is -2.54. The van der Waals surface area contributed by atoms with Crippen LogP contribution in [0.5, 0.6) is 0 Å². The Morgan fingerprint density at radius 1 is 0.933 bits per heavy atom. The Morgan fingerprint density at radius 2 is 1.63 bits per heavy atom. The summed E-state index contributed by atoms with van der Waals surface area (Å²) in [5, 5.41) is 0.287. The lowest BCUT2D eigenvalue weighted by Crippen LogP contribution is -2.42. The third-order valence-electron chi connectivity index (χ3n) is 5.00. The van der Waals surface area contributed by atoms with E-state index in [0.29, 0.717) is 6.54 Å². The molecule has 0 atom stereocenters. The molecule has 0 aliphatic carbocycles. The van der Waals surface area contributed by atoms with Crippen molar-refractivity contribution in [3.05, 3.63) is 88.4 Å². The molecule has 0 radical (unpaired) electrons. The number of benzene rings is 3. The highest BCUT2D eigenvalue weighted by atomic mass is 35.5. The largest absolute Gasteiger partial charge is 0.310 e. The fourth-order valence-electron chi connectivity index (χ4n) is 3.51. The third kappa shape index (κ3) is 3.78. The number of halogens is 2. The molecule has 0 spiro atoms. The summed E-state index contributed by atoms with van der Waals surface area (Å²) in [5.74, 6) is -0.338. The van der Waals surface area contributed by atoms with Gasteiger partial charge in [-0.3, -0.25) is 9.10 Å². The number of anilines is 2. The minimum atomic E-state index is -4.05. The van der Waals surface area contributed by atoms with Crippen LogP contribution in [-0.4, -0.2) is 27.4 Å². The van der Waals surface area contributed by atoms with Crippen molar-refractivity contribution >= 4 is 50.5 Å². The molecule has 30 heavy (non-hydrogen) atoms. The molecule has 8 heteroatoms. The maximum atomic E-state index is 13.4. The first-order valence-electron chi connectivity index (χ1n) is 9.29. The maximum Gasteiger partial charge on any atom is 0.264 e. The number of carbonyl (C=O) groups excluding carboxylic acids is 1. The zero-order valence-electron chi connectivity index (χ0n) is 15.8. The molecular formula is C22H18Cl2N2O3S. The van der Waals surface area contributed by atoms with Gasteiger partial charge in [0.2, 0.25) is 5.91 Å². The molecule has 0 saturated carbocycles. The van der Waals surface area contributed by atoms with Gasteiger partial charge in [-0.2, -0.15) is 0 Å². The maximum absolute atomic E-state index is 13.4. The van der Waals surface area contributed by atoms with E-state index in [1.807, 2.05) is 24.3 Å². The first-order chi connectivity index (χ1) is 14.4. The van der Waals surface area contributed by atoms with E-state index in [1.54, 1.807) is 41.3 Å². The number of fused-ring (bicyclic) bond motifs is 1. The minimum absolute atomic E-state index is 0.0654. The first-order valence-corrected chi connectivity index (χ1v) is 11.5. The highest BCUT2D eigenvalue weighted by molar-refractivity contribution is 7.92. The van der Waals surface area contributed by atoms with E-state index in [9.17, 15) is 13.2 Å². The molecular weight excluding hydrogens is 443 g/mol. The van der Waals surface area contributed by atoms with Gasteiger partial charge in [-0.05, 0) is 42.3 Å². The molecule has 3 aromatic carbocycles. The minimum Gasteiger partial charge on any atom is -0.310 e. The van der Waals surface area contributed by atoms with E-state index in [4.69, 9.17) is 23.2 Å². The Bertz CT molecular complexity index is 1200. The molecule has 3 aromatic rings. The van der Waals surface area contributed by atoms with Crippen molar-refractivity contribution in [2.45, 2.75) is 11.3 Å². The monoisotopic (exact) mass is 460 g/mol. The van der Waals surface area contributed by atoms with Crippen LogP contribution in [-0.2, 0) is 21.2 Å². The second kappa shape index (κ2) is 8.30. The number of rotatable bonds is 5. The van der Waals surface area contributed by atoms with Gasteiger partial charge in [-0.1, -0.05) is 65.7 Å². The lowest BCUT2D eigenvalue weighted by molar-refractivity contribution is -0.117. The summed E-state index contributed by atoms with van der Waals surface area (Å²) < 4.78 is 27.9. The van der Waals surface area contributed by atoms with Crippen LogP contribution in [0.4, 0.5) is 11.4 Å². The van der Waals surface area contributed by atoms with Gasteiger partial charge >= 0.3 is 0 Å². The summed E-state index contributed by atoms with van der Waals surface area (Å²) in [6.45, 7) is 0.103. The molecule has 4 rings (SSSR count). The number of hydrogen-bond donors (Lipinski definition) is 0. The summed E-state index contributed by atoms with van der Waals surface area (Å²) in [6, 6.07) is 20.3. The lowest BCUT2D eigenvalue weighted by Gasteiger charge is -2.27. The highest BCUT2D eigenvalue weighted by Crippen LogP contribution is 2.36. The molecule has 1 heterocycles. The van der Waals surface area contributed by atoms with Crippen molar-refractivity contribution < 1.29 is 13.2 Å². The summed E-state index contributed by atoms with van der Waals surface area (Å²) >= 11 is 12.5. The Balaban J connectivity index is 1.75. The van der Waals surface area contributed by atoms with Crippen LogP contribution in [0, 0.1) is 0 Å². The van der Waals surface area contributed by atoms with Crippen molar-refractivity contribution in [2.24, 2.45) is 0 Å². The molecule has 0 fully saturated rings. The molecule has 1 amide bonds. The van der Waals surface area contributed by atoms with Crippen LogP contribution in [0.25, 0.3) is 0 Å². The third-order valence-corrected chi connectivity index (χ3v) is 7.58. The summed E-state index contributed by atoms with van der Waals surface area (Å²) in [6.07, 6.45) is 0.727. The average Bonchev–Trinajstić information content (AvgIpc) is 3.19. The van der Waals surface area contributed by atoms with Crippen molar-refractivity contribution in [3.63, 3.8) is 0 Å². The standard InChI is InChI=1S/C22H18Cl2N2O3S/c23-18-10-6-12-20(22(18)24)26(30(28,29)17-8-2-1-3-9-17)15-21(27)25-14-13-16-7-4-5-11-19(16)25/h1-12H,13-15H2. The van der Waals surface area contributed by atoms with Crippen LogP contribution in [0.15, 0.2) is 77.7 Å². The number of nitrogens with zero attached hydrogens (tertiary/aromatic N) is 2. The van der Waals surface area contributed by atoms with Crippen molar-refractivity contribution in [2.75, 3.05) is 22.3 Å². The van der Waals surface area contributed by atoms with Gasteiger partial charge in [0.15, 0.2) is 0 Å². The number of sulfonamides is 1. The Morgan fingerprint density at radius 3 is 2.40 bits per heavy atom. The topological polar surface area (TPSA) is 57.7 Å². The smallest absolute Gasteiger partial charge is 0.264 e. The molecule has 0 aromatic heterocycles. The van der Waals surface area contributed by atoms with Crippen LogP contribution >= 0.6 is 23.2 Å². The SMILES string of the molecule is O=C(CN(c1cccc(Cl)c1Cl)S(=O)(=O)c1ccccc1)N1CCc2ccccc21. The van der Waals surface area contributed by atoms with Crippen molar-refractivity contribution in [3.8, 4) is 0 Å². The fourth-order valence-corrected chi connectivity index (χ4v) is 5.40. The predicted octanol–water partition coefficient (Wildman–Crippen LogP) is 4.78. The average molecular weight is 461 g/mol. The number of amides is 1. The van der Waals surface area contributed by atoms with Crippen LogP contribution in [0.1, 0.15) is 5.56 Å². The fraction of sp³-hybridized carbons (Fsp3) is 0.136. The molecule has 154 valence electrons. The van der Waals surface area contributed by atoms with Crippen LogP contribution in [0.2, 0.25) is 10.0 Å². The zero-order chi connectivity index (χ0) is 21.3. The Labute approximate surface area is 185 Å². The summed E-state index contributed by atoms with van der Waals surface area (Å²) in [7, 11) is -4.05. The normalized spacial score (nSPS) is 13.2. The molecule has 0 unspecified atom stereocenters. The molecule has 1 aliphatic rings. The van der Waals surface area contributed by atoms with Crippen molar-refractivity contribution in [1.82, 2.24) is 0 Å². The van der Waals surface area contributed by atoms with E-state index >= 15 is 0 Å². The number of hydrogen-bond acceptors (Lipinski definition) is 3. The highest BCUT2D eigenvalue weighted by Gasteiger charge is 2.32. The number of carbonyl (C=O) groups is 1. The van der Waals surface area contributed by atoms with E-state index < -0.39 is 16.6 Å². The van der Waals surface area contributed by atoms with Crippen LogP contribution in [0.3, 0.4) is 0 Å². The van der Waals surface area contributed by atoms with Gasteiger partial charge in [0.1, 0.15) is 6.54 Å². The van der Waals surface area contributed by atoms with Gasteiger partial charge in [-0.15, -0.1) is 0 Å². The zero-order valence-corrected chi connectivity index (χ0v) is 18.2. The van der Waals surface area contributed by atoms with E-state index in [0.717, 1.165) is 22.0 Å². The molecule has 0 saturated heterocycles. The summed E-state index contributed by atoms with van der Waals surface area (Å²) in [4.78, 5) is 14.9. The van der Waals surface area contributed by atoms with Gasteiger partial charge in [-0.25, -0.2) is 8.42 Å². The predicted molar refractivity (Wildman–Crippen MR) is 120 cm³/mol. The molecule has 0 N–H and O–H groups in total. The van der Waals surface area contributed by atoms with Crippen molar-refractivity contribution in [1.29, 1.82) is 0 Å². The van der Waals surface area contributed by atoms with E-state index in [1.165, 1.54) is 12.1 Å². The van der Waals surface area contributed by atoms with Gasteiger partial charge in [0.25, 0.3) is 10.0 Å². The second-order valence-electron chi connectivity index (χ2n) is 6.82. The van der Waals surface area contributed by atoms with Crippen LogP contribution < -0.4 is 9.21 Å². The second-order valence-corrected chi connectivity index (χ2v) is 9.47. The van der Waals surface area contributed by atoms with E-state index in [2.05, 4.69) is 0 Å². The van der Waals surface area contributed by atoms with Gasteiger partial charge in [0.05, 0.1) is 20.6 Å². The molecule has 1 aliphatic heterocycles.